The van der Waals surface area contributed by atoms with E-state index >= 15 is 0 Å². The minimum atomic E-state index is -0.354. The quantitative estimate of drug-likeness (QED) is 0.471. The van der Waals surface area contributed by atoms with Gasteiger partial charge in [0.05, 0.1) is 10.8 Å². The lowest BCUT2D eigenvalue weighted by Gasteiger charge is -2.38. The van der Waals surface area contributed by atoms with Crippen LogP contribution in [-0.2, 0) is 9.53 Å². The van der Waals surface area contributed by atoms with Crippen molar-refractivity contribution < 1.29 is 14.3 Å². The Labute approximate surface area is 171 Å². The minimum Gasteiger partial charge on any atom is -0.461 e. The van der Waals surface area contributed by atoms with Crippen LogP contribution in [0.15, 0.2) is 42.5 Å². The van der Waals surface area contributed by atoms with Crippen LogP contribution in [0.5, 0.6) is 0 Å². The average molecular weight is 397 g/mol. The first-order chi connectivity index (χ1) is 13.2. The zero-order chi connectivity index (χ0) is 20.1. The number of ketones is 1. The van der Waals surface area contributed by atoms with Gasteiger partial charge in [-0.1, -0.05) is 51.1 Å². The van der Waals surface area contributed by atoms with E-state index in [4.69, 9.17) is 4.74 Å². The molecular formula is C24H28O3S. The predicted molar refractivity (Wildman–Crippen MR) is 112 cm³/mol. The molecular weight excluding hydrogens is 368 g/mol. The fraction of sp³-hybridized carbons (Fsp3) is 0.500. The Hall–Kier alpha value is -1.94. The second-order valence-electron chi connectivity index (χ2n) is 9.15. The molecule has 2 fully saturated rings. The highest BCUT2D eigenvalue weighted by molar-refractivity contribution is 7.14. The Bertz CT molecular complexity index is 898. The van der Waals surface area contributed by atoms with Crippen LogP contribution >= 0.6 is 11.3 Å². The molecule has 1 aromatic heterocycles. The van der Waals surface area contributed by atoms with Crippen LogP contribution in [0, 0.1) is 16.7 Å². The molecule has 0 N–H and O–H groups in total. The molecule has 4 atom stereocenters. The van der Waals surface area contributed by atoms with Gasteiger partial charge >= 0.3 is 5.97 Å². The summed E-state index contributed by atoms with van der Waals surface area (Å²) in [7, 11) is 0. The molecule has 2 aliphatic carbocycles. The highest BCUT2D eigenvalue weighted by Crippen LogP contribution is 2.66. The highest BCUT2D eigenvalue weighted by Gasteiger charge is 2.62. The number of carbonyl (C=O) groups is 2. The first-order valence-electron chi connectivity index (χ1n) is 10.1. The Morgan fingerprint density at radius 3 is 2.43 bits per heavy atom. The van der Waals surface area contributed by atoms with Gasteiger partial charge in [0.15, 0.2) is 0 Å². The smallest absolute Gasteiger partial charge is 0.314 e. The van der Waals surface area contributed by atoms with Crippen molar-refractivity contribution in [3.05, 3.63) is 57.8 Å². The van der Waals surface area contributed by atoms with Crippen LogP contribution in [0.25, 0.3) is 0 Å². The summed E-state index contributed by atoms with van der Waals surface area (Å²) in [5, 5.41) is 0. The fourth-order valence-electron chi connectivity index (χ4n) is 5.11. The van der Waals surface area contributed by atoms with Gasteiger partial charge in [-0.2, -0.15) is 0 Å². The Kier molecular flexibility index (Phi) is 4.73. The maximum absolute atomic E-state index is 12.9. The van der Waals surface area contributed by atoms with Gasteiger partial charge in [-0.3, -0.25) is 9.59 Å². The molecule has 2 aromatic rings. The summed E-state index contributed by atoms with van der Waals surface area (Å²) in [6.07, 6.45) is 3.35. The summed E-state index contributed by atoms with van der Waals surface area (Å²) in [6, 6.07) is 13.0. The molecule has 0 aliphatic heterocycles. The van der Waals surface area contributed by atoms with Crippen molar-refractivity contribution in [2.75, 3.05) is 0 Å². The molecule has 4 rings (SSSR count). The van der Waals surface area contributed by atoms with E-state index in [0.29, 0.717) is 16.4 Å². The van der Waals surface area contributed by atoms with Crippen LogP contribution in [0.2, 0.25) is 0 Å². The van der Waals surface area contributed by atoms with E-state index in [2.05, 4.69) is 20.8 Å². The molecule has 3 nitrogen and oxygen atoms in total. The molecule has 1 heterocycles. The van der Waals surface area contributed by atoms with Crippen LogP contribution in [-0.4, -0.2) is 17.9 Å². The molecule has 148 valence electrons. The van der Waals surface area contributed by atoms with Crippen molar-refractivity contribution in [3.8, 4) is 0 Å². The van der Waals surface area contributed by atoms with Crippen LogP contribution in [0.4, 0.5) is 0 Å². The van der Waals surface area contributed by atoms with Gasteiger partial charge in [-0.15, -0.1) is 11.3 Å². The Morgan fingerprint density at radius 2 is 1.82 bits per heavy atom. The number of hydrogen-bond donors (Lipinski definition) is 0. The van der Waals surface area contributed by atoms with Crippen molar-refractivity contribution in [2.24, 2.45) is 16.7 Å². The summed E-state index contributed by atoms with van der Waals surface area (Å²) < 4.78 is 6.04. The van der Waals surface area contributed by atoms with Gasteiger partial charge in [-0.25, -0.2) is 0 Å². The third-order valence-electron chi connectivity index (χ3n) is 7.64. The molecule has 28 heavy (non-hydrogen) atoms. The molecule has 3 unspecified atom stereocenters. The Balaban J connectivity index is 1.46. The summed E-state index contributed by atoms with van der Waals surface area (Å²) in [6.45, 7) is 8.81. The average Bonchev–Trinajstić information content (AvgIpc) is 3.31. The third kappa shape index (κ3) is 2.93. The standard InChI is InChI=1S/C24H28O3S/c1-15(18-10-11-19(28-18)21(25)16-8-6-5-7-9-16)22(26)27-20-14-17-12-13-24(20,4)23(17,2)3/h5-11,15,17,20H,12-14H2,1-4H3/t15?,17?,20-,24?/m1/s1. The molecule has 2 saturated carbocycles. The van der Waals surface area contributed by atoms with Crippen LogP contribution < -0.4 is 0 Å². The summed E-state index contributed by atoms with van der Waals surface area (Å²) in [4.78, 5) is 27.0. The van der Waals surface area contributed by atoms with Gasteiger partial charge < -0.3 is 4.74 Å². The number of esters is 1. The van der Waals surface area contributed by atoms with Crippen LogP contribution in [0.1, 0.15) is 73.0 Å². The molecule has 0 radical (unpaired) electrons. The number of benzene rings is 1. The van der Waals surface area contributed by atoms with Crippen molar-refractivity contribution in [3.63, 3.8) is 0 Å². The largest absolute Gasteiger partial charge is 0.461 e. The highest BCUT2D eigenvalue weighted by atomic mass is 32.1. The zero-order valence-electron chi connectivity index (χ0n) is 17.0. The van der Waals surface area contributed by atoms with E-state index in [1.807, 2.05) is 49.4 Å². The van der Waals surface area contributed by atoms with E-state index in [1.165, 1.54) is 17.8 Å². The monoisotopic (exact) mass is 396 g/mol. The lowest BCUT2D eigenvalue weighted by atomic mass is 9.70. The van der Waals surface area contributed by atoms with E-state index in [9.17, 15) is 9.59 Å². The second kappa shape index (κ2) is 6.84. The molecule has 4 heteroatoms. The lowest BCUT2D eigenvalue weighted by molar-refractivity contribution is -0.158. The molecule has 0 spiro atoms. The zero-order valence-corrected chi connectivity index (χ0v) is 17.8. The lowest BCUT2D eigenvalue weighted by Crippen LogP contribution is -2.38. The molecule has 1 aromatic carbocycles. The van der Waals surface area contributed by atoms with Crippen molar-refractivity contribution in [2.45, 2.75) is 59.0 Å². The summed E-state index contributed by atoms with van der Waals surface area (Å²) >= 11 is 1.39. The van der Waals surface area contributed by atoms with Crippen molar-refractivity contribution >= 4 is 23.1 Å². The number of carbonyl (C=O) groups excluding carboxylic acids is 2. The molecule has 2 bridgehead atoms. The molecule has 0 amide bonds. The summed E-state index contributed by atoms with van der Waals surface area (Å²) in [5.74, 6) is 0.116. The maximum Gasteiger partial charge on any atom is 0.314 e. The maximum atomic E-state index is 12.9. The number of rotatable bonds is 5. The van der Waals surface area contributed by atoms with Crippen molar-refractivity contribution in [1.82, 2.24) is 0 Å². The SMILES string of the molecule is CC(C(=O)O[C@@H]1CC2CCC1(C)C2(C)C)c1ccc(C(=O)c2ccccc2)s1. The third-order valence-corrected chi connectivity index (χ3v) is 8.91. The van der Waals surface area contributed by atoms with Crippen molar-refractivity contribution in [1.29, 1.82) is 0 Å². The fourth-order valence-corrected chi connectivity index (χ4v) is 6.12. The van der Waals surface area contributed by atoms with Gasteiger partial charge in [0.25, 0.3) is 0 Å². The number of fused-ring (bicyclic) bond motifs is 2. The number of thiophene rings is 1. The second-order valence-corrected chi connectivity index (χ2v) is 10.3. The summed E-state index contributed by atoms with van der Waals surface area (Å²) in [5.41, 5.74) is 0.958. The normalized spacial score (nSPS) is 28.9. The van der Waals surface area contributed by atoms with Gasteiger partial charge in [-0.05, 0) is 49.7 Å². The van der Waals surface area contributed by atoms with E-state index < -0.39 is 0 Å². The van der Waals surface area contributed by atoms with Gasteiger partial charge in [0, 0.05) is 15.9 Å². The predicted octanol–water partition coefficient (Wildman–Crippen LogP) is 5.84. The minimum absolute atomic E-state index is 0.000203. The van der Waals surface area contributed by atoms with E-state index in [-0.39, 0.29) is 34.6 Å². The number of hydrogen-bond acceptors (Lipinski definition) is 4. The molecule has 0 saturated heterocycles. The van der Waals surface area contributed by atoms with Gasteiger partial charge in [0.1, 0.15) is 6.10 Å². The molecule has 2 aliphatic rings. The first kappa shape index (κ1) is 19.4. The number of ether oxygens (including phenoxy) is 1. The topological polar surface area (TPSA) is 43.4 Å². The van der Waals surface area contributed by atoms with E-state index in [0.717, 1.165) is 17.7 Å². The Morgan fingerprint density at radius 1 is 1.11 bits per heavy atom. The van der Waals surface area contributed by atoms with E-state index in [1.54, 1.807) is 0 Å². The van der Waals surface area contributed by atoms with Gasteiger partial charge in [0.2, 0.25) is 5.78 Å². The van der Waals surface area contributed by atoms with Crippen LogP contribution in [0.3, 0.4) is 0 Å². The first-order valence-corrected chi connectivity index (χ1v) is 11.0.